The molecule has 0 aliphatic rings. The summed E-state index contributed by atoms with van der Waals surface area (Å²) in [5, 5.41) is 0. The molecule has 3 rings (SSSR count). The first-order valence-electron chi connectivity index (χ1n) is 8.94. The van der Waals surface area contributed by atoms with Gasteiger partial charge in [0.1, 0.15) is 5.75 Å². The van der Waals surface area contributed by atoms with Gasteiger partial charge in [0, 0.05) is 25.2 Å². The van der Waals surface area contributed by atoms with Gasteiger partial charge in [0.2, 0.25) is 0 Å². The molecule has 0 spiro atoms. The fraction of sp³-hybridized carbons (Fsp3) is 0.182. The predicted octanol–water partition coefficient (Wildman–Crippen LogP) is 4.16. The molecule has 146 valence electrons. The van der Waals surface area contributed by atoms with Crippen molar-refractivity contribution in [2.45, 2.75) is 19.6 Å². The highest BCUT2D eigenvalue weighted by Crippen LogP contribution is 2.23. The lowest BCUT2D eigenvalue weighted by atomic mass is 10.1. The van der Waals surface area contributed by atoms with Gasteiger partial charge in [0.25, 0.3) is 0 Å². The van der Waals surface area contributed by atoms with E-state index in [9.17, 15) is 8.42 Å². The summed E-state index contributed by atoms with van der Waals surface area (Å²) in [6, 6.07) is 27.4. The smallest absolute Gasteiger partial charge is 0.361 e. The highest BCUT2D eigenvalue weighted by atomic mass is 32.3. The molecular formula is C22H23NO4S. The Kier molecular flexibility index (Phi) is 6.81. The zero-order valence-electron chi connectivity index (χ0n) is 15.7. The minimum atomic E-state index is -4.07. The maximum atomic E-state index is 11.7. The second-order valence-corrected chi connectivity index (χ2v) is 7.70. The van der Waals surface area contributed by atoms with Crippen molar-refractivity contribution in [1.82, 2.24) is 4.90 Å². The van der Waals surface area contributed by atoms with Gasteiger partial charge in [0.15, 0.2) is 0 Å². The normalized spacial score (nSPS) is 11.5. The van der Waals surface area contributed by atoms with E-state index >= 15 is 0 Å². The maximum absolute atomic E-state index is 11.7. The van der Waals surface area contributed by atoms with Gasteiger partial charge in [-0.25, -0.2) is 4.18 Å². The van der Waals surface area contributed by atoms with Crippen LogP contribution in [0, 0.1) is 0 Å². The number of rotatable bonds is 9. The van der Waals surface area contributed by atoms with Crippen LogP contribution in [-0.4, -0.2) is 20.4 Å². The van der Waals surface area contributed by atoms with Crippen LogP contribution in [0.3, 0.4) is 0 Å². The van der Waals surface area contributed by atoms with Gasteiger partial charge in [-0.05, 0) is 17.2 Å². The number of benzene rings is 3. The average molecular weight is 397 g/mol. The van der Waals surface area contributed by atoms with Crippen LogP contribution >= 0.6 is 0 Å². The largest absolute Gasteiger partial charge is 0.448 e. The van der Waals surface area contributed by atoms with Gasteiger partial charge in [0.05, 0.1) is 7.11 Å². The summed E-state index contributed by atoms with van der Waals surface area (Å²) in [7, 11) is -2.99. The van der Waals surface area contributed by atoms with Crippen molar-refractivity contribution in [1.29, 1.82) is 0 Å². The van der Waals surface area contributed by atoms with Gasteiger partial charge in [-0.15, -0.1) is 0 Å². The molecule has 6 heteroatoms. The first kappa shape index (κ1) is 20.1. The fourth-order valence-electron chi connectivity index (χ4n) is 2.95. The monoisotopic (exact) mass is 397 g/mol. The van der Waals surface area contributed by atoms with Crippen LogP contribution in [0.2, 0.25) is 0 Å². The quantitative estimate of drug-likeness (QED) is 0.543. The fourth-order valence-corrected chi connectivity index (χ4v) is 3.40. The second-order valence-electron chi connectivity index (χ2n) is 6.38. The summed E-state index contributed by atoms with van der Waals surface area (Å²) in [5.41, 5.74) is 3.14. The second kappa shape index (κ2) is 9.50. The Morgan fingerprint density at radius 2 is 1.21 bits per heavy atom. The van der Waals surface area contributed by atoms with E-state index in [0.717, 1.165) is 25.8 Å². The molecule has 3 aromatic rings. The molecule has 0 aliphatic carbocycles. The molecule has 0 aromatic heterocycles. The molecule has 0 N–H and O–H groups in total. The molecule has 0 saturated heterocycles. The molecule has 0 heterocycles. The Labute approximate surface area is 166 Å². The van der Waals surface area contributed by atoms with Crippen LogP contribution in [0.4, 0.5) is 0 Å². The Morgan fingerprint density at radius 1 is 0.714 bits per heavy atom. The average Bonchev–Trinajstić information content (AvgIpc) is 2.71. The summed E-state index contributed by atoms with van der Waals surface area (Å²) in [6.45, 7) is 1.97. The Balaban J connectivity index is 1.85. The predicted molar refractivity (Wildman–Crippen MR) is 109 cm³/mol. The Hall–Kier alpha value is -2.67. The topological polar surface area (TPSA) is 55.8 Å². The van der Waals surface area contributed by atoms with Gasteiger partial charge in [-0.3, -0.25) is 4.90 Å². The summed E-state index contributed by atoms with van der Waals surface area (Å²) >= 11 is 0. The van der Waals surface area contributed by atoms with E-state index in [1.165, 1.54) is 11.1 Å². The van der Waals surface area contributed by atoms with Gasteiger partial charge >= 0.3 is 10.4 Å². The van der Waals surface area contributed by atoms with Crippen molar-refractivity contribution in [3.05, 3.63) is 102 Å². The first-order valence-corrected chi connectivity index (χ1v) is 10.3. The standard InChI is InChI=1S/C22H23NO4S/c1-26-28(24,25)27-22-15-9-8-14-21(22)18-23(16-19-10-4-2-5-11-19)17-20-12-6-3-7-13-20/h2-15H,16-18H2,1H3. The third-order valence-corrected chi connectivity index (χ3v) is 5.05. The lowest BCUT2D eigenvalue weighted by Crippen LogP contribution is -2.23. The summed E-state index contributed by atoms with van der Waals surface area (Å²) in [4.78, 5) is 2.24. The lowest BCUT2D eigenvalue weighted by molar-refractivity contribution is 0.244. The molecule has 0 fully saturated rings. The minimum absolute atomic E-state index is 0.274. The van der Waals surface area contributed by atoms with E-state index < -0.39 is 10.4 Å². The van der Waals surface area contributed by atoms with Crippen molar-refractivity contribution in [2.24, 2.45) is 0 Å². The van der Waals surface area contributed by atoms with Crippen LogP contribution < -0.4 is 4.18 Å². The Bertz CT molecular complexity index is 934. The molecule has 5 nitrogen and oxygen atoms in total. The van der Waals surface area contributed by atoms with Crippen molar-refractivity contribution in [3.63, 3.8) is 0 Å². The van der Waals surface area contributed by atoms with Gasteiger partial charge < -0.3 is 4.18 Å². The minimum Gasteiger partial charge on any atom is -0.361 e. The van der Waals surface area contributed by atoms with Crippen LogP contribution in [0.5, 0.6) is 5.75 Å². The zero-order valence-corrected chi connectivity index (χ0v) is 16.5. The number of para-hydroxylation sites is 1. The highest BCUT2D eigenvalue weighted by molar-refractivity contribution is 7.82. The van der Waals surface area contributed by atoms with Gasteiger partial charge in [-0.2, -0.15) is 8.42 Å². The SMILES string of the molecule is COS(=O)(=O)Oc1ccccc1CN(Cc1ccccc1)Cc1ccccc1. The number of hydrogen-bond donors (Lipinski definition) is 0. The highest BCUT2D eigenvalue weighted by Gasteiger charge is 2.16. The van der Waals surface area contributed by atoms with Gasteiger partial charge in [-0.1, -0.05) is 78.9 Å². The van der Waals surface area contributed by atoms with Crippen LogP contribution in [0.15, 0.2) is 84.9 Å². The number of hydrogen-bond acceptors (Lipinski definition) is 5. The molecule has 0 atom stereocenters. The molecule has 0 aliphatic heterocycles. The van der Waals surface area contributed by atoms with E-state index in [-0.39, 0.29) is 5.75 Å². The molecule has 0 amide bonds. The summed E-state index contributed by atoms with van der Waals surface area (Å²) in [5.74, 6) is 0.274. The van der Waals surface area contributed by atoms with E-state index in [0.29, 0.717) is 6.54 Å². The third kappa shape index (κ3) is 5.92. The van der Waals surface area contributed by atoms with E-state index in [4.69, 9.17) is 4.18 Å². The molecule has 0 radical (unpaired) electrons. The molecular weight excluding hydrogens is 374 g/mol. The van der Waals surface area contributed by atoms with E-state index in [1.807, 2.05) is 48.5 Å². The summed E-state index contributed by atoms with van der Waals surface area (Å²) in [6.07, 6.45) is 0. The number of nitrogens with zero attached hydrogens (tertiary/aromatic N) is 1. The molecule has 0 saturated carbocycles. The third-order valence-electron chi connectivity index (χ3n) is 4.26. The lowest BCUT2D eigenvalue weighted by Gasteiger charge is -2.24. The molecule has 0 unspecified atom stereocenters. The van der Waals surface area contributed by atoms with E-state index in [1.54, 1.807) is 12.1 Å². The maximum Gasteiger partial charge on any atom is 0.448 e. The summed E-state index contributed by atoms with van der Waals surface area (Å²) < 4.78 is 33.0. The molecule has 0 bridgehead atoms. The molecule has 3 aromatic carbocycles. The van der Waals surface area contributed by atoms with Crippen molar-refractivity contribution >= 4 is 10.4 Å². The van der Waals surface area contributed by atoms with Crippen molar-refractivity contribution in [2.75, 3.05) is 7.11 Å². The van der Waals surface area contributed by atoms with Crippen molar-refractivity contribution in [3.8, 4) is 5.75 Å². The van der Waals surface area contributed by atoms with Crippen LogP contribution in [0.25, 0.3) is 0 Å². The molecule has 28 heavy (non-hydrogen) atoms. The first-order chi connectivity index (χ1) is 13.6. The van der Waals surface area contributed by atoms with Crippen LogP contribution in [-0.2, 0) is 34.2 Å². The van der Waals surface area contributed by atoms with Crippen molar-refractivity contribution < 1.29 is 16.8 Å². The Morgan fingerprint density at radius 3 is 1.75 bits per heavy atom. The van der Waals surface area contributed by atoms with E-state index in [2.05, 4.69) is 33.3 Å². The zero-order chi connectivity index (χ0) is 19.8. The van der Waals surface area contributed by atoms with Crippen LogP contribution in [0.1, 0.15) is 16.7 Å².